The van der Waals surface area contributed by atoms with Crippen LogP contribution in [-0.4, -0.2) is 26.5 Å². The summed E-state index contributed by atoms with van der Waals surface area (Å²) < 4.78 is 6.09. The van der Waals surface area contributed by atoms with E-state index >= 15 is 0 Å². The number of rotatable bonds is 11. The molecule has 1 N–H and O–H groups in total. The lowest BCUT2D eigenvalue weighted by molar-refractivity contribution is 0.304. The van der Waals surface area contributed by atoms with E-state index in [2.05, 4.69) is 108 Å². The molecule has 7 heteroatoms. The molecule has 9 rings (SSSR count). The van der Waals surface area contributed by atoms with Crippen molar-refractivity contribution in [3.63, 3.8) is 0 Å². The molecule has 0 saturated carbocycles. The highest BCUT2D eigenvalue weighted by Gasteiger charge is 2.29. The van der Waals surface area contributed by atoms with Crippen molar-refractivity contribution >= 4 is 55.5 Å². The Kier molecular flexibility index (Phi) is 7.51. The van der Waals surface area contributed by atoms with Gasteiger partial charge in [0.15, 0.2) is 0 Å². The van der Waals surface area contributed by atoms with Crippen LogP contribution < -0.4 is 4.74 Å². The standard InChI is InChI=1S/C41H34N4OS2/c1-2-3-4-5-6-7-22-46-27-20-18-26(19-21-27)41-44-39-33(30-16-10-23-47-30)37-38(34(40(39)45-41)31-17-11-24-48-31)43-36-29-15-9-13-25-12-8-14-28(32(25)29)35(36)42-37/h8-21,23-24H,2-7,22H2,1H3,(H,44,45). The van der Waals surface area contributed by atoms with Crippen molar-refractivity contribution in [1.29, 1.82) is 0 Å². The zero-order valence-electron chi connectivity index (χ0n) is 26.8. The van der Waals surface area contributed by atoms with Gasteiger partial charge in [-0.15, -0.1) is 22.7 Å². The normalized spacial score (nSPS) is 12.0. The third-order valence-corrected chi connectivity index (χ3v) is 11.2. The molecule has 0 saturated heterocycles. The van der Waals surface area contributed by atoms with Gasteiger partial charge in [0.2, 0.25) is 0 Å². The smallest absolute Gasteiger partial charge is 0.138 e. The fraction of sp³-hybridized carbons (Fsp3) is 0.195. The number of H-pyrrole nitrogens is 1. The third kappa shape index (κ3) is 4.92. The molecule has 0 fully saturated rings. The minimum absolute atomic E-state index is 0.750. The zero-order chi connectivity index (χ0) is 32.0. The van der Waals surface area contributed by atoms with Crippen LogP contribution in [0.1, 0.15) is 45.4 Å². The van der Waals surface area contributed by atoms with Crippen molar-refractivity contribution in [2.45, 2.75) is 45.4 Å². The first-order valence-corrected chi connectivity index (χ1v) is 18.7. The van der Waals surface area contributed by atoms with Gasteiger partial charge >= 0.3 is 0 Å². The van der Waals surface area contributed by atoms with Gasteiger partial charge in [-0.3, -0.25) is 0 Å². The number of aromatic nitrogens is 4. The molecule has 4 aromatic carbocycles. The largest absolute Gasteiger partial charge is 0.494 e. The van der Waals surface area contributed by atoms with Gasteiger partial charge < -0.3 is 9.72 Å². The van der Waals surface area contributed by atoms with Crippen molar-refractivity contribution in [3.05, 3.63) is 95.7 Å². The van der Waals surface area contributed by atoms with Crippen LogP contribution in [0.5, 0.6) is 5.75 Å². The SMILES string of the molecule is CCCCCCCCOc1ccc(-c2nc3c(-c4cccs4)c4nc5c(nc4c(-c4cccs4)c3[nH]2)-c2cccc3cccc-5c23)cc1. The highest BCUT2D eigenvalue weighted by molar-refractivity contribution is 7.14. The van der Waals surface area contributed by atoms with Crippen LogP contribution in [0, 0.1) is 0 Å². The topological polar surface area (TPSA) is 63.7 Å². The van der Waals surface area contributed by atoms with E-state index < -0.39 is 0 Å². The molecule has 0 atom stereocenters. The lowest BCUT2D eigenvalue weighted by Crippen LogP contribution is -1.97. The molecule has 4 heterocycles. The Morgan fingerprint density at radius 3 is 1.94 bits per heavy atom. The molecule has 4 aromatic heterocycles. The fourth-order valence-electron chi connectivity index (χ4n) is 7.09. The number of nitrogens with one attached hydrogen (secondary N) is 1. The number of aromatic amines is 1. The van der Waals surface area contributed by atoms with Crippen LogP contribution in [0.2, 0.25) is 0 Å². The molecular weight excluding hydrogens is 629 g/mol. The van der Waals surface area contributed by atoms with E-state index in [0.29, 0.717) is 0 Å². The van der Waals surface area contributed by atoms with Crippen LogP contribution in [-0.2, 0) is 0 Å². The van der Waals surface area contributed by atoms with Crippen molar-refractivity contribution < 1.29 is 4.74 Å². The maximum absolute atomic E-state index is 6.09. The summed E-state index contributed by atoms with van der Waals surface area (Å²) in [7, 11) is 0. The van der Waals surface area contributed by atoms with Crippen LogP contribution in [0.3, 0.4) is 0 Å². The van der Waals surface area contributed by atoms with Crippen molar-refractivity contribution in [1.82, 2.24) is 19.9 Å². The number of hydrogen-bond acceptors (Lipinski definition) is 6. The van der Waals surface area contributed by atoms with E-state index in [0.717, 1.165) is 95.6 Å². The summed E-state index contributed by atoms with van der Waals surface area (Å²) in [6.07, 6.45) is 7.52. The monoisotopic (exact) mass is 662 g/mol. The van der Waals surface area contributed by atoms with E-state index in [4.69, 9.17) is 19.7 Å². The van der Waals surface area contributed by atoms with Gasteiger partial charge in [0, 0.05) is 43.0 Å². The number of fused-ring (bicyclic) bond motifs is 5. The Bertz CT molecular complexity index is 2280. The molecule has 1 aliphatic rings. The molecule has 0 unspecified atom stereocenters. The molecular formula is C41H34N4OS2. The Morgan fingerprint density at radius 2 is 1.27 bits per heavy atom. The molecule has 0 spiro atoms. The second kappa shape index (κ2) is 12.3. The molecule has 236 valence electrons. The quantitative estimate of drug-likeness (QED) is 0.140. The van der Waals surface area contributed by atoms with Gasteiger partial charge in [0.25, 0.3) is 0 Å². The predicted molar refractivity (Wildman–Crippen MR) is 202 cm³/mol. The first kappa shape index (κ1) is 29.3. The summed E-state index contributed by atoms with van der Waals surface area (Å²) in [5.41, 5.74) is 10.9. The summed E-state index contributed by atoms with van der Waals surface area (Å²) in [4.78, 5) is 22.3. The fourth-order valence-corrected chi connectivity index (χ4v) is 8.64. The molecule has 5 nitrogen and oxygen atoms in total. The van der Waals surface area contributed by atoms with Gasteiger partial charge in [-0.1, -0.05) is 87.6 Å². The first-order chi connectivity index (χ1) is 23.8. The summed E-state index contributed by atoms with van der Waals surface area (Å²) in [6, 6.07) is 29.8. The highest BCUT2D eigenvalue weighted by atomic mass is 32.1. The molecule has 0 radical (unpaired) electrons. The molecule has 1 aliphatic carbocycles. The van der Waals surface area contributed by atoms with Gasteiger partial charge in [0.05, 0.1) is 23.5 Å². The number of benzene rings is 4. The Balaban J connectivity index is 1.19. The Labute approximate surface area is 287 Å². The second-order valence-electron chi connectivity index (χ2n) is 12.5. The Morgan fingerprint density at radius 1 is 0.625 bits per heavy atom. The summed E-state index contributed by atoms with van der Waals surface area (Å²) >= 11 is 3.43. The average molecular weight is 663 g/mol. The maximum Gasteiger partial charge on any atom is 0.138 e. The number of imidazole rings is 1. The highest BCUT2D eigenvalue weighted by Crippen LogP contribution is 2.50. The zero-order valence-corrected chi connectivity index (χ0v) is 28.4. The molecule has 0 bridgehead atoms. The molecule has 0 aliphatic heterocycles. The lowest BCUT2D eigenvalue weighted by atomic mass is 10.0. The molecule has 48 heavy (non-hydrogen) atoms. The first-order valence-electron chi connectivity index (χ1n) is 16.9. The van der Waals surface area contributed by atoms with Crippen molar-refractivity contribution in [2.75, 3.05) is 6.61 Å². The summed E-state index contributed by atoms with van der Waals surface area (Å²) in [6.45, 7) is 3.00. The van der Waals surface area contributed by atoms with E-state index in [1.165, 1.54) is 42.9 Å². The Hall–Kier alpha value is -4.85. The average Bonchev–Trinajstić information content (AvgIpc) is 3.95. The number of nitrogens with zero attached hydrogens (tertiary/aromatic N) is 3. The predicted octanol–water partition coefficient (Wildman–Crippen LogP) is 12.2. The second-order valence-corrected chi connectivity index (χ2v) is 14.4. The minimum atomic E-state index is 0.750. The minimum Gasteiger partial charge on any atom is -0.494 e. The van der Waals surface area contributed by atoms with Gasteiger partial charge in [-0.25, -0.2) is 15.0 Å². The number of unbranched alkanes of at least 4 members (excludes halogenated alkanes) is 5. The van der Waals surface area contributed by atoms with Crippen LogP contribution >= 0.6 is 22.7 Å². The van der Waals surface area contributed by atoms with Gasteiger partial charge in [-0.2, -0.15) is 0 Å². The van der Waals surface area contributed by atoms with Gasteiger partial charge in [0.1, 0.15) is 28.1 Å². The molecule has 0 amide bonds. The van der Waals surface area contributed by atoms with E-state index in [1.54, 1.807) is 22.7 Å². The van der Waals surface area contributed by atoms with Crippen molar-refractivity contribution in [2.24, 2.45) is 0 Å². The number of thiophene rings is 2. The third-order valence-electron chi connectivity index (χ3n) is 9.40. The van der Waals surface area contributed by atoms with E-state index in [9.17, 15) is 0 Å². The van der Waals surface area contributed by atoms with Crippen LogP contribution in [0.25, 0.3) is 87.6 Å². The van der Waals surface area contributed by atoms with E-state index in [1.807, 2.05) is 0 Å². The summed E-state index contributed by atoms with van der Waals surface area (Å²) in [5, 5.41) is 6.68. The molecule has 8 aromatic rings. The van der Waals surface area contributed by atoms with Crippen molar-refractivity contribution in [3.8, 4) is 60.5 Å². The van der Waals surface area contributed by atoms with Crippen LogP contribution in [0.4, 0.5) is 0 Å². The van der Waals surface area contributed by atoms with E-state index in [-0.39, 0.29) is 0 Å². The van der Waals surface area contributed by atoms with Gasteiger partial charge in [-0.05, 0) is 59.0 Å². The van der Waals surface area contributed by atoms with Crippen LogP contribution in [0.15, 0.2) is 95.7 Å². The maximum atomic E-state index is 6.09. The number of ether oxygens (including phenoxy) is 1. The number of hydrogen-bond donors (Lipinski definition) is 1. The lowest BCUT2D eigenvalue weighted by Gasteiger charge is -2.13. The summed E-state index contributed by atoms with van der Waals surface area (Å²) in [5.74, 6) is 1.71.